The topological polar surface area (TPSA) is 62.3 Å². The summed E-state index contributed by atoms with van der Waals surface area (Å²) in [7, 11) is 1.74. The molecule has 2 aromatic heterocycles. The van der Waals surface area contributed by atoms with Gasteiger partial charge in [-0.3, -0.25) is 9.59 Å². The monoisotopic (exact) mass is 371 g/mol. The number of carbonyl (C=O) groups is 2. The van der Waals surface area contributed by atoms with Gasteiger partial charge in [0.1, 0.15) is 0 Å². The second-order valence-electron chi connectivity index (χ2n) is 5.41. The Balaban J connectivity index is 1.56. The van der Waals surface area contributed by atoms with Crippen LogP contribution >= 0.6 is 22.7 Å². The first-order valence-corrected chi connectivity index (χ1v) is 9.46. The summed E-state index contributed by atoms with van der Waals surface area (Å²) in [6, 6.07) is 13.3. The first kappa shape index (κ1) is 17.3. The number of thiophene rings is 1. The van der Waals surface area contributed by atoms with Crippen LogP contribution in [0.15, 0.2) is 53.2 Å². The van der Waals surface area contributed by atoms with Crippen LogP contribution < -0.4 is 10.2 Å². The lowest BCUT2D eigenvalue weighted by atomic mass is 10.2. The van der Waals surface area contributed by atoms with Crippen LogP contribution in [0.2, 0.25) is 0 Å². The van der Waals surface area contributed by atoms with E-state index in [0.29, 0.717) is 17.2 Å². The van der Waals surface area contributed by atoms with Crippen molar-refractivity contribution in [2.45, 2.75) is 12.8 Å². The summed E-state index contributed by atoms with van der Waals surface area (Å²) in [4.78, 5) is 31.3. The molecule has 25 heavy (non-hydrogen) atoms. The van der Waals surface area contributed by atoms with Gasteiger partial charge in [0.05, 0.1) is 18.5 Å². The van der Waals surface area contributed by atoms with E-state index in [1.54, 1.807) is 28.7 Å². The average Bonchev–Trinajstić information content (AvgIpc) is 3.27. The van der Waals surface area contributed by atoms with E-state index < -0.39 is 0 Å². The summed E-state index contributed by atoms with van der Waals surface area (Å²) in [5.41, 5.74) is 1.50. The Hall–Kier alpha value is -2.51. The Morgan fingerprint density at radius 2 is 1.88 bits per heavy atom. The number of carbonyl (C=O) groups excluding carboxylic acids is 2. The highest BCUT2D eigenvalue weighted by Crippen LogP contribution is 2.19. The standard InChI is InChI=1S/C18H17N3O2S2/c1-21(14-6-3-2-4-7-14)17(23)10-13-12-25-18(19-13)20-16(22)11-15-8-5-9-24-15/h2-9,12H,10-11H2,1H3,(H,19,20,22). The molecule has 0 aliphatic carbocycles. The van der Waals surface area contributed by atoms with Crippen molar-refractivity contribution >= 4 is 45.3 Å². The van der Waals surface area contributed by atoms with Crippen molar-refractivity contribution in [2.75, 3.05) is 17.3 Å². The van der Waals surface area contributed by atoms with Crippen LogP contribution in [0.1, 0.15) is 10.6 Å². The fourth-order valence-electron chi connectivity index (χ4n) is 2.25. The highest BCUT2D eigenvalue weighted by molar-refractivity contribution is 7.14. The average molecular weight is 371 g/mol. The lowest BCUT2D eigenvalue weighted by Crippen LogP contribution is -2.27. The van der Waals surface area contributed by atoms with Gasteiger partial charge in [0.25, 0.3) is 0 Å². The number of thiazole rings is 1. The fraction of sp³-hybridized carbons (Fsp3) is 0.167. The van der Waals surface area contributed by atoms with Crippen LogP contribution in [0.5, 0.6) is 0 Å². The van der Waals surface area contributed by atoms with Crippen LogP contribution in [0.25, 0.3) is 0 Å². The van der Waals surface area contributed by atoms with E-state index in [-0.39, 0.29) is 18.2 Å². The number of benzene rings is 1. The van der Waals surface area contributed by atoms with Gasteiger partial charge in [-0.1, -0.05) is 24.3 Å². The maximum atomic E-state index is 12.4. The number of nitrogens with zero attached hydrogens (tertiary/aromatic N) is 2. The number of anilines is 2. The van der Waals surface area contributed by atoms with Crippen molar-refractivity contribution in [3.05, 3.63) is 63.8 Å². The molecule has 3 aromatic rings. The number of para-hydroxylation sites is 1. The van der Waals surface area contributed by atoms with Gasteiger partial charge in [-0.25, -0.2) is 4.98 Å². The van der Waals surface area contributed by atoms with E-state index in [4.69, 9.17) is 0 Å². The molecule has 1 N–H and O–H groups in total. The molecule has 7 heteroatoms. The van der Waals surface area contributed by atoms with Crippen LogP contribution in [0, 0.1) is 0 Å². The Bertz CT molecular complexity index is 844. The molecule has 0 bridgehead atoms. The lowest BCUT2D eigenvalue weighted by molar-refractivity contribution is -0.117. The number of rotatable bonds is 6. The highest BCUT2D eigenvalue weighted by Gasteiger charge is 2.14. The number of hydrogen-bond donors (Lipinski definition) is 1. The fourth-order valence-corrected chi connectivity index (χ4v) is 3.68. The summed E-state index contributed by atoms with van der Waals surface area (Å²) in [6.45, 7) is 0. The molecule has 2 heterocycles. The molecular formula is C18H17N3O2S2. The summed E-state index contributed by atoms with van der Waals surface area (Å²) >= 11 is 2.88. The van der Waals surface area contributed by atoms with Gasteiger partial charge in [0.15, 0.2) is 5.13 Å². The van der Waals surface area contributed by atoms with E-state index in [1.165, 1.54) is 11.3 Å². The zero-order chi connectivity index (χ0) is 17.6. The number of hydrogen-bond acceptors (Lipinski definition) is 5. The smallest absolute Gasteiger partial charge is 0.232 e. The van der Waals surface area contributed by atoms with Crippen LogP contribution in [-0.4, -0.2) is 23.8 Å². The summed E-state index contributed by atoms with van der Waals surface area (Å²) in [5.74, 6) is -0.149. The van der Waals surface area contributed by atoms with Gasteiger partial charge in [0.2, 0.25) is 11.8 Å². The summed E-state index contributed by atoms with van der Waals surface area (Å²) in [5, 5.41) is 7.05. The predicted octanol–water partition coefficient (Wildman–Crippen LogP) is 3.59. The van der Waals surface area contributed by atoms with Gasteiger partial charge in [-0.05, 0) is 23.6 Å². The minimum absolute atomic E-state index is 0.0482. The number of nitrogens with one attached hydrogen (secondary N) is 1. The second-order valence-corrected chi connectivity index (χ2v) is 7.30. The van der Waals surface area contributed by atoms with E-state index in [2.05, 4.69) is 10.3 Å². The molecule has 0 saturated heterocycles. The van der Waals surface area contributed by atoms with Gasteiger partial charge in [-0.15, -0.1) is 22.7 Å². The SMILES string of the molecule is CN(C(=O)Cc1csc(NC(=O)Cc2cccs2)n1)c1ccccc1. The van der Waals surface area contributed by atoms with E-state index in [1.807, 2.05) is 47.8 Å². The molecule has 0 saturated carbocycles. The van der Waals surface area contributed by atoms with Crippen LogP contribution in [0.3, 0.4) is 0 Å². The first-order chi connectivity index (χ1) is 12.1. The van der Waals surface area contributed by atoms with Crippen LogP contribution in [0.4, 0.5) is 10.8 Å². The number of amides is 2. The molecule has 5 nitrogen and oxygen atoms in total. The van der Waals surface area contributed by atoms with E-state index in [0.717, 1.165) is 10.6 Å². The number of aromatic nitrogens is 1. The van der Waals surface area contributed by atoms with E-state index >= 15 is 0 Å². The van der Waals surface area contributed by atoms with Crippen LogP contribution in [-0.2, 0) is 22.4 Å². The third-order valence-corrected chi connectivity index (χ3v) is 5.25. The van der Waals surface area contributed by atoms with E-state index in [9.17, 15) is 9.59 Å². The maximum absolute atomic E-state index is 12.4. The molecule has 1 aromatic carbocycles. The molecule has 0 radical (unpaired) electrons. The molecule has 0 spiro atoms. The van der Waals surface area contributed by atoms with Crippen molar-refractivity contribution in [3.8, 4) is 0 Å². The Labute approximate surface area is 154 Å². The number of likely N-dealkylation sites (N-methyl/N-ethyl adjacent to an activating group) is 1. The van der Waals surface area contributed by atoms with Crippen molar-refractivity contribution in [1.29, 1.82) is 0 Å². The minimum atomic E-state index is -0.101. The molecule has 0 aliphatic rings. The molecular weight excluding hydrogens is 354 g/mol. The van der Waals surface area contributed by atoms with Crippen molar-refractivity contribution < 1.29 is 9.59 Å². The zero-order valence-electron chi connectivity index (χ0n) is 13.6. The molecule has 2 amide bonds. The van der Waals surface area contributed by atoms with Gasteiger partial charge in [-0.2, -0.15) is 0 Å². The van der Waals surface area contributed by atoms with Crippen molar-refractivity contribution in [2.24, 2.45) is 0 Å². The highest BCUT2D eigenvalue weighted by atomic mass is 32.1. The largest absolute Gasteiger partial charge is 0.315 e. The quantitative estimate of drug-likeness (QED) is 0.720. The molecule has 0 fully saturated rings. The Kier molecular flexibility index (Phi) is 5.57. The predicted molar refractivity (Wildman–Crippen MR) is 102 cm³/mol. The maximum Gasteiger partial charge on any atom is 0.232 e. The molecule has 0 unspecified atom stereocenters. The normalized spacial score (nSPS) is 10.4. The van der Waals surface area contributed by atoms with Gasteiger partial charge in [0, 0.05) is 23.0 Å². The molecule has 128 valence electrons. The third-order valence-electron chi connectivity index (χ3n) is 3.56. The Morgan fingerprint density at radius 3 is 2.60 bits per heavy atom. The summed E-state index contributed by atoms with van der Waals surface area (Å²) < 4.78 is 0. The minimum Gasteiger partial charge on any atom is -0.315 e. The van der Waals surface area contributed by atoms with Crippen molar-refractivity contribution in [3.63, 3.8) is 0 Å². The molecule has 0 atom stereocenters. The summed E-state index contributed by atoms with van der Waals surface area (Å²) in [6.07, 6.45) is 0.533. The molecule has 0 aliphatic heterocycles. The van der Waals surface area contributed by atoms with Gasteiger partial charge < -0.3 is 10.2 Å². The molecule has 3 rings (SSSR count). The van der Waals surface area contributed by atoms with Crippen molar-refractivity contribution in [1.82, 2.24) is 4.98 Å². The Morgan fingerprint density at radius 1 is 1.08 bits per heavy atom. The second kappa shape index (κ2) is 8.04. The third kappa shape index (κ3) is 4.74. The van der Waals surface area contributed by atoms with Gasteiger partial charge >= 0.3 is 0 Å². The zero-order valence-corrected chi connectivity index (χ0v) is 15.3. The lowest BCUT2D eigenvalue weighted by Gasteiger charge is -2.16. The first-order valence-electron chi connectivity index (χ1n) is 7.70.